The molecule has 0 saturated carbocycles. The predicted molar refractivity (Wildman–Crippen MR) is 103 cm³/mol. The normalized spacial score (nSPS) is 21.2. The lowest BCUT2D eigenvalue weighted by Crippen LogP contribution is -2.27. The summed E-state index contributed by atoms with van der Waals surface area (Å²) in [5, 5.41) is 12.7. The van der Waals surface area contributed by atoms with Crippen LogP contribution in [-0.4, -0.2) is 38.6 Å². The Labute approximate surface area is 162 Å². The minimum absolute atomic E-state index is 0.0129. The van der Waals surface area contributed by atoms with Crippen molar-refractivity contribution in [1.82, 2.24) is 14.9 Å². The molecule has 28 heavy (non-hydrogen) atoms. The Morgan fingerprint density at radius 3 is 2.86 bits per heavy atom. The molecular weight excluding hydrogens is 361 g/mol. The molecule has 8 heteroatoms. The van der Waals surface area contributed by atoms with Gasteiger partial charge in [0.2, 0.25) is 5.95 Å². The highest BCUT2D eigenvalue weighted by molar-refractivity contribution is 5.80. The van der Waals surface area contributed by atoms with E-state index in [1.54, 1.807) is 24.6 Å². The van der Waals surface area contributed by atoms with Gasteiger partial charge in [-0.05, 0) is 30.2 Å². The molecule has 0 spiro atoms. The van der Waals surface area contributed by atoms with E-state index in [0.717, 1.165) is 24.1 Å². The van der Waals surface area contributed by atoms with Crippen LogP contribution in [0.25, 0.3) is 0 Å². The van der Waals surface area contributed by atoms with Crippen molar-refractivity contribution < 1.29 is 14.2 Å². The Hall–Kier alpha value is -3.00. The number of halogens is 1. The van der Waals surface area contributed by atoms with E-state index < -0.39 is 0 Å². The first-order chi connectivity index (χ1) is 13.7. The predicted octanol–water partition coefficient (Wildman–Crippen LogP) is 3.14. The van der Waals surface area contributed by atoms with Gasteiger partial charge in [0, 0.05) is 12.4 Å². The van der Waals surface area contributed by atoms with Crippen LogP contribution in [0.5, 0.6) is 0 Å². The number of fused-ring (bicyclic) bond motifs is 1. The van der Waals surface area contributed by atoms with Gasteiger partial charge < -0.3 is 15.2 Å². The second-order valence-corrected chi connectivity index (χ2v) is 6.78. The van der Waals surface area contributed by atoms with E-state index in [-0.39, 0.29) is 30.5 Å². The van der Waals surface area contributed by atoms with Crippen LogP contribution in [0.2, 0.25) is 0 Å². The van der Waals surface area contributed by atoms with Crippen molar-refractivity contribution in [3.63, 3.8) is 0 Å². The van der Waals surface area contributed by atoms with Crippen molar-refractivity contribution >= 4 is 12.0 Å². The number of benzene rings is 1. The number of nitrogens with one attached hydrogen (secondary N) is 1. The number of aliphatic imine (C=N–C) groups is 1. The van der Waals surface area contributed by atoms with Gasteiger partial charge in [0.1, 0.15) is 24.2 Å². The summed E-state index contributed by atoms with van der Waals surface area (Å²) in [4.78, 5) is 15.5. The average molecular weight is 383 g/mol. The lowest BCUT2D eigenvalue weighted by atomic mass is 9.97. The highest BCUT2D eigenvalue weighted by atomic mass is 19.1. The zero-order valence-electron chi connectivity index (χ0n) is 15.5. The largest absolute Gasteiger partial charge is 0.432 e. The van der Waals surface area contributed by atoms with Gasteiger partial charge in [-0.15, -0.1) is 0 Å². The maximum absolute atomic E-state index is 13.4. The minimum atomic E-state index is -0.290. The third kappa shape index (κ3) is 3.55. The SMILES string of the molecule is CCC[C@H](CO)Nc1nccc(C2C(c3ccc(F)cc3)N=C3OC=CN32)n1. The fraction of sp³-hybridized carbons (Fsp3) is 0.350. The van der Waals surface area contributed by atoms with Gasteiger partial charge in [-0.2, -0.15) is 0 Å². The maximum atomic E-state index is 13.4. The van der Waals surface area contributed by atoms with E-state index in [4.69, 9.17) is 4.74 Å². The molecule has 0 radical (unpaired) electrons. The summed E-state index contributed by atoms with van der Waals surface area (Å²) in [5.74, 6) is 0.169. The van der Waals surface area contributed by atoms with Crippen molar-refractivity contribution in [2.75, 3.05) is 11.9 Å². The summed E-state index contributed by atoms with van der Waals surface area (Å²) in [6.45, 7) is 2.07. The van der Waals surface area contributed by atoms with Crippen molar-refractivity contribution in [2.45, 2.75) is 37.9 Å². The lowest BCUT2D eigenvalue weighted by molar-refractivity contribution is 0.267. The fourth-order valence-corrected chi connectivity index (χ4v) is 3.50. The molecule has 2 aliphatic heterocycles. The number of amidine groups is 1. The highest BCUT2D eigenvalue weighted by Crippen LogP contribution is 2.43. The Kier molecular flexibility index (Phi) is 5.21. The molecule has 0 aliphatic carbocycles. The Bertz CT molecular complexity index is 886. The molecule has 3 heterocycles. The topological polar surface area (TPSA) is 82.9 Å². The van der Waals surface area contributed by atoms with Crippen LogP contribution in [0.1, 0.15) is 43.1 Å². The number of ether oxygens (including phenoxy) is 1. The number of anilines is 1. The number of aromatic nitrogens is 2. The molecular formula is C20H22FN5O2. The molecule has 4 rings (SSSR count). The summed E-state index contributed by atoms with van der Waals surface area (Å²) >= 11 is 0. The summed E-state index contributed by atoms with van der Waals surface area (Å²) in [5.41, 5.74) is 1.63. The Balaban J connectivity index is 1.64. The van der Waals surface area contributed by atoms with Gasteiger partial charge in [-0.3, -0.25) is 4.90 Å². The van der Waals surface area contributed by atoms with Gasteiger partial charge in [-0.25, -0.2) is 19.4 Å². The van der Waals surface area contributed by atoms with Crippen LogP contribution in [0.4, 0.5) is 10.3 Å². The summed E-state index contributed by atoms with van der Waals surface area (Å²) < 4.78 is 18.8. The van der Waals surface area contributed by atoms with E-state index >= 15 is 0 Å². The van der Waals surface area contributed by atoms with Crippen LogP contribution in [0.15, 0.2) is 54.0 Å². The third-order valence-corrected chi connectivity index (χ3v) is 4.85. The summed E-state index contributed by atoms with van der Waals surface area (Å²) in [6.07, 6.45) is 6.85. The summed E-state index contributed by atoms with van der Waals surface area (Å²) in [7, 11) is 0. The minimum Gasteiger partial charge on any atom is -0.432 e. The number of rotatable bonds is 7. The molecule has 1 aromatic carbocycles. The lowest BCUT2D eigenvalue weighted by Gasteiger charge is -2.24. The monoisotopic (exact) mass is 383 g/mol. The van der Waals surface area contributed by atoms with Crippen LogP contribution in [-0.2, 0) is 4.74 Å². The van der Waals surface area contributed by atoms with Crippen LogP contribution < -0.4 is 5.32 Å². The smallest absolute Gasteiger partial charge is 0.298 e. The maximum Gasteiger partial charge on any atom is 0.298 e. The molecule has 0 fully saturated rings. The second kappa shape index (κ2) is 7.93. The first kappa shape index (κ1) is 18.4. The standard InChI is InChI=1S/C20H22FN5O2/c1-2-3-15(12-27)23-19-22-9-8-16(24-19)18-17(13-4-6-14(21)7-5-13)25-20-26(18)10-11-28-20/h4-11,15,17-18,27H,2-3,12H2,1H3,(H,22,23,24)/t15-,17?,18?/m1/s1. The van der Waals surface area contributed by atoms with E-state index in [2.05, 4.69) is 27.2 Å². The number of hydrogen-bond acceptors (Lipinski definition) is 7. The van der Waals surface area contributed by atoms with Gasteiger partial charge in [0.25, 0.3) is 6.02 Å². The van der Waals surface area contributed by atoms with Crippen LogP contribution in [0.3, 0.4) is 0 Å². The molecule has 0 saturated heterocycles. The molecule has 2 N–H and O–H groups in total. The van der Waals surface area contributed by atoms with E-state index in [1.165, 1.54) is 12.1 Å². The second-order valence-electron chi connectivity index (χ2n) is 6.78. The molecule has 1 aromatic heterocycles. The zero-order chi connectivity index (χ0) is 19.5. The zero-order valence-corrected chi connectivity index (χ0v) is 15.5. The average Bonchev–Trinajstić information content (AvgIpc) is 3.29. The highest BCUT2D eigenvalue weighted by Gasteiger charge is 2.41. The van der Waals surface area contributed by atoms with Gasteiger partial charge in [-0.1, -0.05) is 25.5 Å². The molecule has 2 aliphatic rings. The molecule has 2 unspecified atom stereocenters. The molecule has 146 valence electrons. The first-order valence-corrected chi connectivity index (χ1v) is 9.35. The third-order valence-electron chi connectivity index (χ3n) is 4.85. The van der Waals surface area contributed by atoms with Crippen molar-refractivity contribution in [2.24, 2.45) is 4.99 Å². The Morgan fingerprint density at radius 1 is 1.29 bits per heavy atom. The van der Waals surface area contributed by atoms with Crippen molar-refractivity contribution in [3.05, 3.63) is 66.1 Å². The fourth-order valence-electron chi connectivity index (χ4n) is 3.50. The van der Waals surface area contributed by atoms with E-state index in [9.17, 15) is 9.50 Å². The van der Waals surface area contributed by atoms with E-state index in [1.807, 2.05) is 17.2 Å². The number of hydrogen-bond donors (Lipinski definition) is 2. The summed E-state index contributed by atoms with van der Waals surface area (Å²) in [6, 6.07) is 8.02. The first-order valence-electron chi connectivity index (χ1n) is 9.35. The molecule has 0 amide bonds. The van der Waals surface area contributed by atoms with Crippen molar-refractivity contribution in [1.29, 1.82) is 0 Å². The molecule has 2 aromatic rings. The van der Waals surface area contributed by atoms with Gasteiger partial charge in [0.15, 0.2) is 0 Å². The Morgan fingerprint density at radius 2 is 2.11 bits per heavy atom. The van der Waals surface area contributed by atoms with Crippen LogP contribution in [0, 0.1) is 5.82 Å². The van der Waals surface area contributed by atoms with Crippen molar-refractivity contribution in [3.8, 4) is 0 Å². The number of aliphatic hydroxyl groups excluding tert-OH is 1. The number of nitrogens with zero attached hydrogens (tertiary/aromatic N) is 4. The molecule has 3 atom stereocenters. The van der Waals surface area contributed by atoms with Gasteiger partial charge >= 0.3 is 0 Å². The van der Waals surface area contributed by atoms with Gasteiger partial charge in [0.05, 0.1) is 18.3 Å². The van der Waals surface area contributed by atoms with Crippen LogP contribution >= 0.6 is 0 Å². The van der Waals surface area contributed by atoms with E-state index in [0.29, 0.717) is 12.0 Å². The quantitative estimate of drug-likeness (QED) is 0.764. The number of aliphatic hydroxyl groups is 1. The molecule has 0 bridgehead atoms. The molecule has 7 nitrogen and oxygen atoms in total.